The summed E-state index contributed by atoms with van der Waals surface area (Å²) in [6.07, 6.45) is 1.11. The Morgan fingerprint density at radius 1 is 1.14 bits per heavy atom. The predicted octanol–water partition coefficient (Wildman–Crippen LogP) is 3.68. The van der Waals surface area contributed by atoms with Crippen molar-refractivity contribution in [1.29, 1.82) is 0 Å². The quantitative estimate of drug-likeness (QED) is 0.883. The molecular weight excluding hydrogens is 303 g/mol. The molecule has 2 rings (SSSR count). The third-order valence-corrected chi connectivity index (χ3v) is 3.86. The molecule has 2 aromatic carbocycles. The van der Waals surface area contributed by atoms with E-state index >= 15 is 0 Å². The second-order valence-corrected chi connectivity index (χ2v) is 7.07. The van der Waals surface area contributed by atoms with Crippen LogP contribution in [0.3, 0.4) is 0 Å². The zero-order chi connectivity index (χ0) is 16.3. The Labute approximate surface area is 130 Å². The van der Waals surface area contributed by atoms with E-state index in [9.17, 15) is 12.8 Å². The lowest BCUT2D eigenvalue weighted by molar-refractivity contribution is 0.606. The van der Waals surface area contributed by atoms with E-state index in [2.05, 4.69) is 10.0 Å². The molecule has 0 aliphatic heterocycles. The summed E-state index contributed by atoms with van der Waals surface area (Å²) in [6, 6.07) is 11.7. The summed E-state index contributed by atoms with van der Waals surface area (Å²) in [5, 5.41) is 3.24. The maximum atomic E-state index is 13.3. The van der Waals surface area contributed by atoms with Crippen molar-refractivity contribution in [2.24, 2.45) is 0 Å². The van der Waals surface area contributed by atoms with Gasteiger partial charge in [0.15, 0.2) is 0 Å². The first-order valence-corrected chi connectivity index (χ1v) is 8.74. The van der Waals surface area contributed by atoms with Gasteiger partial charge < -0.3 is 5.32 Å². The molecule has 0 aromatic heterocycles. The van der Waals surface area contributed by atoms with Crippen LogP contribution in [0.5, 0.6) is 0 Å². The Kier molecular flexibility index (Phi) is 4.71. The number of sulfonamides is 1. The van der Waals surface area contributed by atoms with E-state index in [0.29, 0.717) is 5.69 Å². The van der Waals surface area contributed by atoms with Crippen molar-refractivity contribution in [3.8, 4) is 0 Å². The smallest absolute Gasteiger partial charge is 0.229 e. The summed E-state index contributed by atoms with van der Waals surface area (Å²) < 4.78 is 38.5. The molecule has 0 aliphatic carbocycles. The standard InChI is InChI=1S/C16H19FN2O2S/c1-11-7-8-15(10-16(11)19-22(3,20)21)18-12(2)13-5-4-6-14(17)9-13/h4-10,12,18-19H,1-3H3. The molecular formula is C16H19FN2O2S. The van der Waals surface area contributed by atoms with Gasteiger partial charge >= 0.3 is 0 Å². The molecule has 0 saturated heterocycles. The second kappa shape index (κ2) is 6.36. The van der Waals surface area contributed by atoms with Crippen LogP contribution in [0.2, 0.25) is 0 Å². The fourth-order valence-corrected chi connectivity index (χ4v) is 2.75. The van der Waals surface area contributed by atoms with Gasteiger partial charge in [0.05, 0.1) is 11.9 Å². The van der Waals surface area contributed by atoms with E-state index in [0.717, 1.165) is 23.1 Å². The molecule has 2 aromatic rings. The average molecular weight is 322 g/mol. The summed E-state index contributed by atoms with van der Waals surface area (Å²) in [6.45, 7) is 3.74. The predicted molar refractivity (Wildman–Crippen MR) is 88.1 cm³/mol. The maximum Gasteiger partial charge on any atom is 0.229 e. The SMILES string of the molecule is Cc1ccc(NC(C)c2cccc(F)c2)cc1NS(C)(=O)=O. The summed E-state index contributed by atoms with van der Waals surface area (Å²) in [7, 11) is -3.33. The maximum absolute atomic E-state index is 13.3. The van der Waals surface area contributed by atoms with Gasteiger partial charge in [-0.05, 0) is 49.2 Å². The number of rotatable bonds is 5. The molecule has 6 heteroatoms. The molecule has 0 spiro atoms. The van der Waals surface area contributed by atoms with Gasteiger partial charge in [-0.3, -0.25) is 4.72 Å². The Morgan fingerprint density at radius 2 is 1.86 bits per heavy atom. The summed E-state index contributed by atoms with van der Waals surface area (Å²) >= 11 is 0. The van der Waals surface area contributed by atoms with Gasteiger partial charge in [0.1, 0.15) is 5.82 Å². The van der Waals surface area contributed by atoms with Crippen LogP contribution in [0.4, 0.5) is 15.8 Å². The number of hydrogen-bond acceptors (Lipinski definition) is 3. The highest BCUT2D eigenvalue weighted by Crippen LogP contribution is 2.25. The van der Waals surface area contributed by atoms with E-state index in [-0.39, 0.29) is 11.9 Å². The van der Waals surface area contributed by atoms with Crippen LogP contribution in [0, 0.1) is 12.7 Å². The third-order valence-electron chi connectivity index (χ3n) is 3.26. The third kappa shape index (κ3) is 4.46. The van der Waals surface area contributed by atoms with Crippen LogP contribution in [0.25, 0.3) is 0 Å². The summed E-state index contributed by atoms with van der Waals surface area (Å²) in [5.41, 5.74) is 2.93. The highest BCUT2D eigenvalue weighted by atomic mass is 32.2. The molecule has 0 aliphatic rings. The van der Waals surface area contributed by atoms with E-state index < -0.39 is 10.0 Å². The van der Waals surface area contributed by atoms with Crippen molar-refractivity contribution in [2.75, 3.05) is 16.3 Å². The average Bonchev–Trinajstić information content (AvgIpc) is 2.41. The zero-order valence-electron chi connectivity index (χ0n) is 12.7. The lowest BCUT2D eigenvalue weighted by Gasteiger charge is -2.17. The van der Waals surface area contributed by atoms with Crippen LogP contribution in [0.15, 0.2) is 42.5 Å². The van der Waals surface area contributed by atoms with Crippen molar-refractivity contribution < 1.29 is 12.8 Å². The Morgan fingerprint density at radius 3 is 2.50 bits per heavy atom. The van der Waals surface area contributed by atoms with Crippen LogP contribution in [0.1, 0.15) is 24.1 Å². The minimum Gasteiger partial charge on any atom is -0.378 e. The van der Waals surface area contributed by atoms with E-state index in [4.69, 9.17) is 0 Å². The Balaban J connectivity index is 2.21. The largest absolute Gasteiger partial charge is 0.378 e. The number of halogens is 1. The minimum atomic E-state index is -3.33. The minimum absolute atomic E-state index is 0.107. The molecule has 0 saturated carbocycles. The number of hydrogen-bond donors (Lipinski definition) is 2. The molecule has 0 bridgehead atoms. The fraction of sp³-hybridized carbons (Fsp3) is 0.250. The molecule has 1 atom stereocenters. The first-order chi connectivity index (χ1) is 10.2. The van der Waals surface area contributed by atoms with Gasteiger partial charge in [-0.1, -0.05) is 18.2 Å². The highest BCUT2D eigenvalue weighted by molar-refractivity contribution is 7.92. The van der Waals surface area contributed by atoms with Crippen LogP contribution in [-0.2, 0) is 10.0 Å². The second-order valence-electron chi connectivity index (χ2n) is 5.32. The normalized spacial score (nSPS) is 12.7. The molecule has 2 N–H and O–H groups in total. The first kappa shape index (κ1) is 16.3. The number of benzene rings is 2. The van der Waals surface area contributed by atoms with Gasteiger partial charge in [0, 0.05) is 11.7 Å². The zero-order valence-corrected chi connectivity index (χ0v) is 13.5. The van der Waals surface area contributed by atoms with Gasteiger partial charge in [-0.2, -0.15) is 0 Å². The highest BCUT2D eigenvalue weighted by Gasteiger charge is 2.09. The van der Waals surface area contributed by atoms with Crippen molar-refractivity contribution in [3.63, 3.8) is 0 Å². The van der Waals surface area contributed by atoms with Gasteiger partial charge in [-0.25, -0.2) is 12.8 Å². The first-order valence-electron chi connectivity index (χ1n) is 6.85. The number of anilines is 2. The molecule has 22 heavy (non-hydrogen) atoms. The monoisotopic (exact) mass is 322 g/mol. The topological polar surface area (TPSA) is 58.2 Å². The summed E-state index contributed by atoms with van der Waals surface area (Å²) in [5.74, 6) is -0.283. The molecule has 0 heterocycles. The number of aryl methyl sites for hydroxylation is 1. The van der Waals surface area contributed by atoms with Gasteiger partial charge in [0.25, 0.3) is 0 Å². The van der Waals surface area contributed by atoms with Crippen LogP contribution >= 0.6 is 0 Å². The molecule has 1 unspecified atom stereocenters. The lowest BCUT2D eigenvalue weighted by atomic mass is 10.1. The molecule has 0 fully saturated rings. The Hall–Kier alpha value is -2.08. The van der Waals surface area contributed by atoms with Crippen molar-refractivity contribution in [1.82, 2.24) is 0 Å². The fourth-order valence-electron chi connectivity index (χ4n) is 2.13. The molecule has 4 nitrogen and oxygen atoms in total. The molecule has 118 valence electrons. The number of nitrogens with one attached hydrogen (secondary N) is 2. The van der Waals surface area contributed by atoms with E-state index in [1.165, 1.54) is 12.1 Å². The Bertz CT molecular complexity index is 775. The van der Waals surface area contributed by atoms with Crippen molar-refractivity contribution in [3.05, 3.63) is 59.4 Å². The van der Waals surface area contributed by atoms with Crippen molar-refractivity contribution in [2.45, 2.75) is 19.9 Å². The van der Waals surface area contributed by atoms with Crippen molar-refractivity contribution >= 4 is 21.4 Å². The van der Waals surface area contributed by atoms with E-state index in [1.54, 1.807) is 12.1 Å². The summed E-state index contributed by atoms with van der Waals surface area (Å²) in [4.78, 5) is 0. The van der Waals surface area contributed by atoms with E-state index in [1.807, 2.05) is 32.0 Å². The van der Waals surface area contributed by atoms with Crippen LogP contribution < -0.4 is 10.0 Å². The molecule has 0 radical (unpaired) electrons. The lowest BCUT2D eigenvalue weighted by Crippen LogP contribution is -2.12. The molecule has 0 amide bonds. The van der Waals surface area contributed by atoms with Gasteiger partial charge in [0.2, 0.25) is 10.0 Å². The van der Waals surface area contributed by atoms with Gasteiger partial charge in [-0.15, -0.1) is 0 Å². The van der Waals surface area contributed by atoms with Crippen LogP contribution in [-0.4, -0.2) is 14.7 Å².